The van der Waals surface area contributed by atoms with E-state index in [2.05, 4.69) is 53.4 Å². The lowest BCUT2D eigenvalue weighted by Gasteiger charge is -2.12. The van der Waals surface area contributed by atoms with Gasteiger partial charge in [0.2, 0.25) is 0 Å². The first kappa shape index (κ1) is 11.4. The van der Waals surface area contributed by atoms with Gasteiger partial charge in [-0.2, -0.15) is 17.7 Å². The second-order valence-corrected chi connectivity index (χ2v) is 4.83. The Morgan fingerprint density at radius 1 is 1.69 bits per heavy atom. The Labute approximate surface area is 98.6 Å². The predicted octanol–water partition coefficient (Wildman–Crippen LogP) is 2.83. The molecule has 0 fully saturated rings. The number of thiol groups is 1. The Kier molecular flexibility index (Phi) is 5.16. The highest BCUT2D eigenvalue weighted by molar-refractivity contribution is 14.1. The molecular formula is C9H15IN2S. The third kappa shape index (κ3) is 3.89. The molecule has 0 aromatic carbocycles. The van der Waals surface area contributed by atoms with Gasteiger partial charge in [-0.05, 0) is 40.7 Å². The number of halogens is 1. The van der Waals surface area contributed by atoms with E-state index in [9.17, 15) is 0 Å². The lowest BCUT2D eigenvalue weighted by Crippen LogP contribution is -2.12. The van der Waals surface area contributed by atoms with E-state index in [4.69, 9.17) is 0 Å². The zero-order valence-corrected chi connectivity index (χ0v) is 10.8. The maximum atomic E-state index is 4.34. The molecular weight excluding hydrogens is 295 g/mol. The smallest absolute Gasteiger partial charge is 0.0623 e. The van der Waals surface area contributed by atoms with Crippen LogP contribution in [0, 0.1) is 9.49 Å². The monoisotopic (exact) mass is 310 g/mol. The first-order valence-corrected chi connectivity index (χ1v) is 6.26. The molecule has 74 valence electrons. The molecule has 0 saturated carbocycles. The fourth-order valence-corrected chi connectivity index (χ4v) is 2.10. The van der Waals surface area contributed by atoms with Crippen LogP contribution in [0.4, 0.5) is 0 Å². The van der Waals surface area contributed by atoms with Gasteiger partial charge in [-0.1, -0.05) is 13.3 Å². The van der Waals surface area contributed by atoms with E-state index in [1.807, 2.05) is 10.9 Å². The van der Waals surface area contributed by atoms with Crippen LogP contribution in [0.2, 0.25) is 0 Å². The molecule has 0 amide bonds. The average Bonchev–Trinajstić information content (AvgIpc) is 2.50. The number of aromatic nitrogens is 2. The molecule has 0 saturated heterocycles. The molecule has 13 heavy (non-hydrogen) atoms. The van der Waals surface area contributed by atoms with E-state index in [1.165, 1.54) is 16.4 Å². The topological polar surface area (TPSA) is 17.8 Å². The minimum Gasteiger partial charge on any atom is -0.271 e. The van der Waals surface area contributed by atoms with Crippen LogP contribution in [0.3, 0.4) is 0 Å². The summed E-state index contributed by atoms with van der Waals surface area (Å²) in [7, 11) is 0. The van der Waals surface area contributed by atoms with Crippen molar-refractivity contribution in [1.29, 1.82) is 0 Å². The van der Waals surface area contributed by atoms with Gasteiger partial charge in [0.05, 0.1) is 9.77 Å². The van der Waals surface area contributed by atoms with Crippen molar-refractivity contribution in [1.82, 2.24) is 9.78 Å². The normalized spacial score (nSPS) is 13.2. The molecule has 1 unspecified atom stereocenters. The molecule has 1 aromatic heterocycles. The summed E-state index contributed by atoms with van der Waals surface area (Å²) >= 11 is 6.62. The van der Waals surface area contributed by atoms with E-state index < -0.39 is 0 Å². The average molecular weight is 310 g/mol. The van der Waals surface area contributed by atoms with Crippen LogP contribution in [0.15, 0.2) is 12.4 Å². The summed E-state index contributed by atoms with van der Waals surface area (Å²) in [5, 5.41) is 4.26. The van der Waals surface area contributed by atoms with Gasteiger partial charge in [0.1, 0.15) is 0 Å². The third-order valence-corrected chi connectivity index (χ3v) is 3.08. The summed E-state index contributed by atoms with van der Waals surface area (Å²) in [5.41, 5.74) is 0. The van der Waals surface area contributed by atoms with Gasteiger partial charge >= 0.3 is 0 Å². The zero-order chi connectivity index (χ0) is 9.68. The maximum absolute atomic E-state index is 4.34. The molecule has 1 rings (SSSR count). The summed E-state index contributed by atoms with van der Waals surface area (Å²) < 4.78 is 3.21. The van der Waals surface area contributed by atoms with Gasteiger partial charge in [0, 0.05) is 12.7 Å². The number of hydrogen-bond donors (Lipinski definition) is 1. The van der Waals surface area contributed by atoms with Gasteiger partial charge in [-0.15, -0.1) is 0 Å². The molecule has 0 bridgehead atoms. The van der Waals surface area contributed by atoms with Crippen LogP contribution < -0.4 is 0 Å². The van der Waals surface area contributed by atoms with Crippen LogP contribution in [0.1, 0.15) is 19.8 Å². The molecule has 4 heteroatoms. The van der Waals surface area contributed by atoms with Crippen molar-refractivity contribution in [3.8, 4) is 0 Å². The standard InChI is InChI=1S/C9H15IN2S/c1-2-3-8(7-13)5-12-6-9(10)4-11-12/h4,6,8,13H,2-3,5,7H2,1H3. The first-order chi connectivity index (χ1) is 6.26. The summed E-state index contributed by atoms with van der Waals surface area (Å²) in [5.74, 6) is 1.61. The molecule has 1 heterocycles. The largest absolute Gasteiger partial charge is 0.271 e. The Morgan fingerprint density at radius 2 is 2.46 bits per heavy atom. The van der Waals surface area contributed by atoms with Crippen LogP contribution in [0.25, 0.3) is 0 Å². The van der Waals surface area contributed by atoms with Crippen molar-refractivity contribution in [3.05, 3.63) is 16.0 Å². The predicted molar refractivity (Wildman–Crippen MR) is 67.2 cm³/mol. The van der Waals surface area contributed by atoms with Crippen molar-refractivity contribution in [2.45, 2.75) is 26.3 Å². The lowest BCUT2D eigenvalue weighted by molar-refractivity contribution is 0.427. The molecule has 0 N–H and O–H groups in total. The fourth-order valence-electron chi connectivity index (χ4n) is 1.35. The van der Waals surface area contributed by atoms with E-state index >= 15 is 0 Å². The fraction of sp³-hybridized carbons (Fsp3) is 0.667. The third-order valence-electron chi connectivity index (χ3n) is 2.00. The SMILES string of the molecule is CCCC(CS)Cn1cc(I)cn1. The lowest BCUT2D eigenvalue weighted by atomic mass is 10.1. The molecule has 0 aliphatic carbocycles. The second-order valence-electron chi connectivity index (χ2n) is 3.22. The Bertz CT molecular complexity index is 250. The van der Waals surface area contributed by atoms with Crippen LogP contribution >= 0.6 is 35.2 Å². The van der Waals surface area contributed by atoms with E-state index in [-0.39, 0.29) is 0 Å². The van der Waals surface area contributed by atoms with Crippen molar-refractivity contribution in [2.75, 3.05) is 5.75 Å². The van der Waals surface area contributed by atoms with E-state index in [0.29, 0.717) is 5.92 Å². The van der Waals surface area contributed by atoms with Crippen LogP contribution in [0.5, 0.6) is 0 Å². The van der Waals surface area contributed by atoms with Crippen LogP contribution in [-0.4, -0.2) is 15.5 Å². The second kappa shape index (κ2) is 5.90. The summed E-state index contributed by atoms with van der Waals surface area (Å²) in [6.45, 7) is 3.21. The molecule has 0 aliphatic heterocycles. The summed E-state index contributed by atoms with van der Waals surface area (Å²) in [6.07, 6.45) is 6.43. The molecule has 1 aromatic rings. The minimum atomic E-state index is 0.657. The van der Waals surface area contributed by atoms with Crippen molar-refractivity contribution >= 4 is 35.2 Å². The molecule has 0 aliphatic rings. The molecule has 1 atom stereocenters. The summed E-state index contributed by atoms with van der Waals surface area (Å²) in [4.78, 5) is 0. The Hall–Kier alpha value is 0.290. The number of hydrogen-bond acceptors (Lipinski definition) is 2. The van der Waals surface area contributed by atoms with Gasteiger partial charge in [0.15, 0.2) is 0 Å². The van der Waals surface area contributed by atoms with Gasteiger partial charge in [0.25, 0.3) is 0 Å². The highest BCUT2D eigenvalue weighted by atomic mass is 127. The maximum Gasteiger partial charge on any atom is 0.0623 e. The Balaban J connectivity index is 2.46. The van der Waals surface area contributed by atoms with Gasteiger partial charge < -0.3 is 0 Å². The van der Waals surface area contributed by atoms with Crippen molar-refractivity contribution < 1.29 is 0 Å². The molecule has 0 spiro atoms. The van der Waals surface area contributed by atoms with E-state index in [0.717, 1.165) is 12.3 Å². The van der Waals surface area contributed by atoms with Gasteiger partial charge in [-0.25, -0.2) is 0 Å². The number of nitrogens with zero attached hydrogens (tertiary/aromatic N) is 2. The Morgan fingerprint density at radius 3 is 2.92 bits per heavy atom. The van der Waals surface area contributed by atoms with Gasteiger partial charge in [-0.3, -0.25) is 4.68 Å². The minimum absolute atomic E-state index is 0.657. The highest BCUT2D eigenvalue weighted by Gasteiger charge is 2.06. The summed E-state index contributed by atoms with van der Waals surface area (Å²) in [6, 6.07) is 0. The van der Waals surface area contributed by atoms with Crippen LogP contribution in [-0.2, 0) is 6.54 Å². The van der Waals surface area contributed by atoms with E-state index in [1.54, 1.807) is 0 Å². The molecule has 2 nitrogen and oxygen atoms in total. The van der Waals surface area contributed by atoms with Crippen molar-refractivity contribution in [3.63, 3.8) is 0 Å². The quantitative estimate of drug-likeness (QED) is 0.654. The van der Waals surface area contributed by atoms with Crippen molar-refractivity contribution in [2.24, 2.45) is 5.92 Å². The zero-order valence-electron chi connectivity index (χ0n) is 7.78. The highest BCUT2D eigenvalue weighted by Crippen LogP contribution is 2.11. The number of rotatable bonds is 5. The molecule has 0 radical (unpaired) electrons. The first-order valence-electron chi connectivity index (χ1n) is 4.55.